The lowest BCUT2D eigenvalue weighted by molar-refractivity contribution is -0.140. The maximum Gasteiger partial charge on any atom is 0.391 e. The number of hydrogen-bond acceptors (Lipinski definition) is 2. The Morgan fingerprint density at radius 1 is 1.27 bits per heavy atom. The van der Waals surface area contributed by atoms with E-state index in [1.54, 1.807) is 25.1 Å². The minimum Gasteiger partial charge on any atom is -0.481 e. The van der Waals surface area contributed by atoms with E-state index in [0.29, 0.717) is 11.1 Å². The van der Waals surface area contributed by atoms with Gasteiger partial charge in [-0.1, -0.05) is 24.3 Å². The lowest BCUT2D eigenvalue weighted by Crippen LogP contribution is -2.40. The summed E-state index contributed by atoms with van der Waals surface area (Å²) in [5.41, 5.74) is 0.996. The van der Waals surface area contributed by atoms with Crippen molar-refractivity contribution in [3.63, 3.8) is 0 Å². The number of halogens is 3. The number of carboxylic acid groups (broad SMARTS) is 1. The first-order chi connectivity index (χ1) is 10.2. The second kappa shape index (κ2) is 7.67. The van der Waals surface area contributed by atoms with Gasteiger partial charge in [0.25, 0.3) is 0 Å². The average Bonchev–Trinajstić information content (AvgIpc) is 2.36. The molecule has 1 atom stereocenters. The summed E-state index contributed by atoms with van der Waals surface area (Å²) in [4.78, 5) is 22.0. The van der Waals surface area contributed by atoms with Crippen LogP contribution in [-0.4, -0.2) is 29.8 Å². The van der Waals surface area contributed by atoms with Gasteiger partial charge in [-0.05, 0) is 18.1 Å². The zero-order chi connectivity index (χ0) is 16.8. The zero-order valence-corrected chi connectivity index (χ0v) is 11.9. The molecule has 0 aliphatic heterocycles. The SMILES string of the molecule is Cc1ccccc1C(CC(F)(F)F)NC(=O)NCCC(=O)O. The molecule has 1 aromatic rings. The van der Waals surface area contributed by atoms with Crippen LogP contribution in [0.3, 0.4) is 0 Å². The molecule has 0 bridgehead atoms. The predicted octanol–water partition coefficient (Wildman–Crippen LogP) is 2.76. The number of rotatable bonds is 6. The highest BCUT2D eigenvalue weighted by atomic mass is 19.4. The van der Waals surface area contributed by atoms with Crippen LogP contribution in [0.1, 0.15) is 30.0 Å². The molecule has 0 radical (unpaired) electrons. The molecule has 0 aromatic heterocycles. The van der Waals surface area contributed by atoms with Crippen molar-refractivity contribution in [2.24, 2.45) is 0 Å². The Morgan fingerprint density at radius 3 is 2.45 bits per heavy atom. The number of alkyl halides is 3. The van der Waals surface area contributed by atoms with E-state index in [1.807, 2.05) is 0 Å². The van der Waals surface area contributed by atoms with Gasteiger partial charge >= 0.3 is 18.2 Å². The molecule has 0 fully saturated rings. The number of carboxylic acids is 1. The van der Waals surface area contributed by atoms with Crippen LogP contribution in [0.5, 0.6) is 0 Å². The highest BCUT2D eigenvalue weighted by Gasteiger charge is 2.33. The van der Waals surface area contributed by atoms with Crippen molar-refractivity contribution in [3.05, 3.63) is 35.4 Å². The van der Waals surface area contributed by atoms with E-state index in [9.17, 15) is 22.8 Å². The molecule has 0 aliphatic carbocycles. The van der Waals surface area contributed by atoms with Gasteiger partial charge in [0, 0.05) is 6.54 Å². The first kappa shape index (κ1) is 17.8. The summed E-state index contributed by atoms with van der Waals surface area (Å²) in [7, 11) is 0. The summed E-state index contributed by atoms with van der Waals surface area (Å²) in [5, 5.41) is 12.9. The smallest absolute Gasteiger partial charge is 0.391 e. The van der Waals surface area contributed by atoms with Crippen molar-refractivity contribution in [1.29, 1.82) is 0 Å². The zero-order valence-electron chi connectivity index (χ0n) is 11.9. The Labute approximate surface area is 125 Å². The topological polar surface area (TPSA) is 78.4 Å². The molecular weight excluding hydrogens is 301 g/mol. The van der Waals surface area contributed by atoms with Gasteiger partial charge in [0.05, 0.1) is 18.9 Å². The number of nitrogens with one attached hydrogen (secondary N) is 2. The molecule has 0 saturated carbocycles. The number of aryl methyl sites for hydroxylation is 1. The number of hydrogen-bond donors (Lipinski definition) is 3. The van der Waals surface area contributed by atoms with Crippen LogP contribution >= 0.6 is 0 Å². The summed E-state index contributed by atoms with van der Waals surface area (Å²) >= 11 is 0. The third-order valence-electron chi connectivity index (χ3n) is 2.93. The standard InChI is InChI=1S/C14H17F3N2O3/c1-9-4-2-3-5-10(9)11(8-14(15,16)17)19-13(22)18-7-6-12(20)21/h2-5,11H,6-8H2,1H3,(H,20,21)(H2,18,19,22). The van der Waals surface area contributed by atoms with Crippen molar-refractivity contribution in [3.8, 4) is 0 Å². The molecule has 3 N–H and O–H groups in total. The largest absolute Gasteiger partial charge is 0.481 e. The van der Waals surface area contributed by atoms with Gasteiger partial charge in [-0.25, -0.2) is 4.79 Å². The van der Waals surface area contributed by atoms with Gasteiger partial charge in [0.2, 0.25) is 0 Å². The Bertz CT molecular complexity index is 532. The Balaban J connectivity index is 2.77. The molecule has 5 nitrogen and oxygen atoms in total. The van der Waals surface area contributed by atoms with Gasteiger partial charge in [0.1, 0.15) is 0 Å². The van der Waals surface area contributed by atoms with Crippen LogP contribution in [0, 0.1) is 6.92 Å². The Kier molecular flexibility index (Phi) is 6.21. The van der Waals surface area contributed by atoms with Crippen LogP contribution in [0.15, 0.2) is 24.3 Å². The average molecular weight is 318 g/mol. The minimum absolute atomic E-state index is 0.159. The van der Waals surface area contributed by atoms with E-state index >= 15 is 0 Å². The number of amides is 2. The van der Waals surface area contributed by atoms with Crippen LogP contribution < -0.4 is 10.6 Å². The van der Waals surface area contributed by atoms with E-state index < -0.39 is 30.6 Å². The quantitative estimate of drug-likeness (QED) is 0.754. The third kappa shape index (κ3) is 6.47. The summed E-state index contributed by atoms with van der Waals surface area (Å²) in [5.74, 6) is -1.11. The van der Waals surface area contributed by atoms with Gasteiger partial charge in [0.15, 0.2) is 0 Å². The van der Waals surface area contributed by atoms with Gasteiger partial charge < -0.3 is 15.7 Å². The molecule has 0 spiro atoms. The second-order valence-electron chi connectivity index (χ2n) is 4.77. The lowest BCUT2D eigenvalue weighted by Gasteiger charge is -2.22. The number of carbonyl (C=O) groups is 2. The van der Waals surface area contributed by atoms with Crippen molar-refractivity contribution >= 4 is 12.0 Å². The van der Waals surface area contributed by atoms with Crippen molar-refractivity contribution in [2.45, 2.75) is 32.0 Å². The van der Waals surface area contributed by atoms with E-state index in [0.717, 1.165) is 0 Å². The summed E-state index contributed by atoms with van der Waals surface area (Å²) in [6, 6.07) is 4.39. The van der Waals surface area contributed by atoms with Crippen LogP contribution in [0.2, 0.25) is 0 Å². The fourth-order valence-electron chi connectivity index (χ4n) is 1.94. The maximum absolute atomic E-state index is 12.7. The van der Waals surface area contributed by atoms with Crippen LogP contribution in [0.4, 0.5) is 18.0 Å². The first-order valence-electron chi connectivity index (χ1n) is 6.57. The number of carbonyl (C=O) groups excluding carboxylic acids is 1. The van der Waals surface area contributed by atoms with E-state index in [4.69, 9.17) is 5.11 Å². The van der Waals surface area contributed by atoms with Crippen molar-refractivity contribution in [1.82, 2.24) is 10.6 Å². The van der Waals surface area contributed by atoms with E-state index in [1.165, 1.54) is 6.07 Å². The molecule has 1 rings (SSSR count). The molecule has 8 heteroatoms. The first-order valence-corrected chi connectivity index (χ1v) is 6.57. The molecule has 0 heterocycles. The van der Waals surface area contributed by atoms with Gasteiger partial charge in [-0.2, -0.15) is 13.2 Å². The van der Waals surface area contributed by atoms with Crippen LogP contribution in [0.25, 0.3) is 0 Å². The Morgan fingerprint density at radius 2 is 1.91 bits per heavy atom. The van der Waals surface area contributed by atoms with Gasteiger partial charge in [-0.15, -0.1) is 0 Å². The molecule has 0 aliphatic rings. The summed E-state index contributed by atoms with van der Waals surface area (Å²) in [6.45, 7) is 1.50. The van der Waals surface area contributed by atoms with E-state index in [-0.39, 0.29) is 13.0 Å². The van der Waals surface area contributed by atoms with Gasteiger partial charge in [-0.3, -0.25) is 4.79 Å². The highest BCUT2D eigenvalue weighted by Crippen LogP contribution is 2.30. The Hall–Kier alpha value is -2.25. The summed E-state index contributed by atoms with van der Waals surface area (Å²) in [6.07, 6.45) is -5.95. The fourth-order valence-corrected chi connectivity index (χ4v) is 1.94. The molecule has 122 valence electrons. The number of urea groups is 1. The monoisotopic (exact) mass is 318 g/mol. The maximum atomic E-state index is 12.7. The molecule has 1 aromatic carbocycles. The molecule has 2 amide bonds. The minimum atomic E-state index is -4.44. The second-order valence-corrected chi connectivity index (χ2v) is 4.77. The molecular formula is C14H17F3N2O3. The fraction of sp³-hybridized carbons (Fsp3) is 0.429. The molecule has 1 unspecified atom stereocenters. The number of aliphatic carboxylic acids is 1. The lowest BCUT2D eigenvalue weighted by atomic mass is 9.98. The predicted molar refractivity (Wildman–Crippen MR) is 73.4 cm³/mol. The number of benzene rings is 1. The normalized spacial score (nSPS) is 12.5. The highest BCUT2D eigenvalue weighted by molar-refractivity contribution is 5.75. The molecule has 0 saturated heterocycles. The van der Waals surface area contributed by atoms with Crippen LogP contribution in [-0.2, 0) is 4.79 Å². The third-order valence-corrected chi connectivity index (χ3v) is 2.93. The van der Waals surface area contributed by atoms with Crippen molar-refractivity contribution in [2.75, 3.05) is 6.54 Å². The summed E-state index contributed by atoms with van der Waals surface area (Å²) < 4.78 is 38.0. The molecule has 22 heavy (non-hydrogen) atoms. The van der Waals surface area contributed by atoms with Crippen molar-refractivity contribution < 1.29 is 27.9 Å². The van der Waals surface area contributed by atoms with E-state index in [2.05, 4.69) is 10.6 Å².